The fourth-order valence-corrected chi connectivity index (χ4v) is 3.52. The predicted molar refractivity (Wildman–Crippen MR) is 112 cm³/mol. The third kappa shape index (κ3) is 4.09. The molecule has 2 aromatic heterocycles. The van der Waals surface area contributed by atoms with Crippen LogP contribution in [0.5, 0.6) is 0 Å². The summed E-state index contributed by atoms with van der Waals surface area (Å²) in [5.41, 5.74) is 1.42. The minimum Gasteiger partial charge on any atom is -0.456 e. The van der Waals surface area contributed by atoms with Gasteiger partial charge in [0.05, 0.1) is 17.3 Å². The molecule has 31 heavy (non-hydrogen) atoms. The van der Waals surface area contributed by atoms with Crippen LogP contribution in [0.1, 0.15) is 37.0 Å². The zero-order valence-electron chi connectivity index (χ0n) is 16.7. The summed E-state index contributed by atoms with van der Waals surface area (Å²) in [6.45, 7) is -0.0980. The van der Waals surface area contributed by atoms with E-state index in [4.69, 9.17) is 9.26 Å². The second-order valence-electron chi connectivity index (χ2n) is 7.49. The van der Waals surface area contributed by atoms with Crippen molar-refractivity contribution >= 4 is 16.9 Å². The van der Waals surface area contributed by atoms with Crippen molar-refractivity contribution in [2.45, 2.75) is 38.3 Å². The molecule has 4 aromatic rings. The van der Waals surface area contributed by atoms with Crippen molar-refractivity contribution in [2.24, 2.45) is 0 Å². The van der Waals surface area contributed by atoms with Gasteiger partial charge in [0.25, 0.3) is 11.4 Å². The second-order valence-corrected chi connectivity index (χ2v) is 7.49. The van der Waals surface area contributed by atoms with Gasteiger partial charge in [0.1, 0.15) is 5.82 Å². The van der Waals surface area contributed by atoms with E-state index in [1.807, 2.05) is 48.5 Å². The number of rotatable bonds is 7. The van der Waals surface area contributed by atoms with Crippen LogP contribution >= 0.6 is 0 Å². The minimum atomic E-state index is -0.413. The normalized spacial score (nSPS) is 13.4. The molecule has 8 heteroatoms. The third-order valence-electron chi connectivity index (χ3n) is 5.20. The number of aromatic nitrogens is 4. The van der Waals surface area contributed by atoms with Crippen molar-refractivity contribution in [3.8, 4) is 11.4 Å². The maximum absolute atomic E-state index is 12.9. The monoisotopic (exact) mass is 416 g/mol. The predicted octanol–water partition coefficient (Wildman–Crippen LogP) is 3.46. The summed E-state index contributed by atoms with van der Waals surface area (Å²) in [5.74, 6) is 0.878. The number of para-hydroxylation sites is 1. The lowest BCUT2D eigenvalue weighted by atomic mass is 10.2. The summed E-state index contributed by atoms with van der Waals surface area (Å²) in [5, 5.41) is 4.51. The van der Waals surface area contributed by atoms with Crippen molar-refractivity contribution in [3.63, 3.8) is 0 Å². The van der Waals surface area contributed by atoms with Crippen LogP contribution in [0.25, 0.3) is 22.3 Å². The van der Waals surface area contributed by atoms with E-state index in [9.17, 15) is 9.59 Å². The lowest BCUT2D eigenvalue weighted by Crippen LogP contribution is -2.25. The van der Waals surface area contributed by atoms with Crippen molar-refractivity contribution in [1.82, 2.24) is 19.7 Å². The van der Waals surface area contributed by atoms with Gasteiger partial charge in [-0.3, -0.25) is 14.2 Å². The maximum Gasteiger partial charge on any atom is 0.306 e. The zero-order valence-corrected chi connectivity index (χ0v) is 16.7. The highest BCUT2D eigenvalue weighted by Gasteiger charge is 2.28. The van der Waals surface area contributed by atoms with Crippen LogP contribution in [0.3, 0.4) is 0 Å². The highest BCUT2D eigenvalue weighted by molar-refractivity contribution is 5.77. The van der Waals surface area contributed by atoms with Gasteiger partial charge in [-0.25, -0.2) is 4.98 Å². The number of carbonyl (C=O) groups is 1. The molecule has 0 N–H and O–H groups in total. The van der Waals surface area contributed by atoms with Crippen molar-refractivity contribution in [1.29, 1.82) is 0 Å². The first-order valence-electron chi connectivity index (χ1n) is 10.2. The molecule has 1 fully saturated rings. The fraction of sp³-hybridized carbons (Fsp3) is 0.261. The fourth-order valence-electron chi connectivity index (χ4n) is 3.52. The molecule has 0 radical (unpaired) electrons. The Morgan fingerprint density at radius 1 is 1.06 bits per heavy atom. The van der Waals surface area contributed by atoms with Crippen LogP contribution in [0.4, 0.5) is 0 Å². The highest BCUT2D eigenvalue weighted by Crippen LogP contribution is 2.34. The van der Waals surface area contributed by atoms with Crippen molar-refractivity contribution < 1.29 is 14.1 Å². The van der Waals surface area contributed by atoms with Crippen LogP contribution < -0.4 is 5.56 Å². The molecule has 0 aliphatic heterocycles. The smallest absolute Gasteiger partial charge is 0.306 e. The Kier molecular flexibility index (Phi) is 5.03. The van der Waals surface area contributed by atoms with E-state index in [0.717, 1.165) is 18.4 Å². The van der Waals surface area contributed by atoms with E-state index in [-0.39, 0.29) is 30.5 Å². The number of benzene rings is 2. The van der Waals surface area contributed by atoms with Crippen molar-refractivity contribution in [2.75, 3.05) is 0 Å². The van der Waals surface area contributed by atoms with E-state index < -0.39 is 5.97 Å². The van der Waals surface area contributed by atoms with Gasteiger partial charge in [0, 0.05) is 18.0 Å². The Morgan fingerprint density at radius 3 is 2.65 bits per heavy atom. The van der Waals surface area contributed by atoms with Gasteiger partial charge in [0.2, 0.25) is 5.82 Å². The average molecular weight is 416 g/mol. The maximum atomic E-state index is 12.9. The van der Waals surface area contributed by atoms with Gasteiger partial charge in [-0.05, 0) is 25.0 Å². The lowest BCUT2D eigenvalue weighted by Gasteiger charge is -2.12. The van der Waals surface area contributed by atoms with E-state index in [0.29, 0.717) is 29.0 Å². The molecule has 1 aliphatic rings. The topological polar surface area (TPSA) is 100 Å². The Hall–Kier alpha value is -3.81. The van der Waals surface area contributed by atoms with Crippen LogP contribution in [-0.2, 0) is 22.6 Å². The minimum absolute atomic E-state index is 0.0456. The molecule has 0 unspecified atom stereocenters. The number of hydrogen-bond donors (Lipinski definition) is 0. The van der Waals surface area contributed by atoms with Gasteiger partial charge in [-0.1, -0.05) is 47.6 Å². The SMILES string of the molecule is O=C(CCc1nc2ccccc2c(=O)n1C1CC1)OCc1nc(-c2ccccc2)no1. The number of ether oxygens (including phenoxy) is 1. The summed E-state index contributed by atoms with van der Waals surface area (Å²) in [7, 11) is 0. The molecule has 0 spiro atoms. The highest BCUT2D eigenvalue weighted by atomic mass is 16.6. The first-order chi connectivity index (χ1) is 15.2. The lowest BCUT2D eigenvalue weighted by molar-refractivity contribution is -0.145. The van der Waals surface area contributed by atoms with E-state index in [1.54, 1.807) is 10.6 Å². The molecular formula is C23H20N4O4. The standard InChI is InChI=1S/C23H20N4O4/c28-21(30-14-20-25-22(26-31-20)15-6-2-1-3-7-15)13-12-19-24-18-9-5-4-8-17(18)23(29)27(19)16-10-11-16/h1-9,16H,10-14H2. The number of aryl methyl sites for hydroxylation is 1. The van der Waals surface area contributed by atoms with E-state index >= 15 is 0 Å². The van der Waals surface area contributed by atoms with Crippen LogP contribution in [0.2, 0.25) is 0 Å². The Balaban J connectivity index is 1.24. The number of hydrogen-bond acceptors (Lipinski definition) is 7. The van der Waals surface area contributed by atoms with Gasteiger partial charge in [-0.2, -0.15) is 4.98 Å². The van der Waals surface area contributed by atoms with Gasteiger partial charge >= 0.3 is 5.97 Å². The quantitative estimate of drug-likeness (QED) is 0.425. The van der Waals surface area contributed by atoms with Crippen molar-refractivity contribution in [3.05, 3.63) is 76.7 Å². The molecule has 156 valence electrons. The number of nitrogens with zero attached hydrogens (tertiary/aromatic N) is 4. The summed E-state index contributed by atoms with van der Waals surface area (Å²) >= 11 is 0. The molecule has 1 aliphatic carbocycles. The summed E-state index contributed by atoms with van der Waals surface area (Å²) in [6.07, 6.45) is 2.35. The molecule has 0 atom stereocenters. The van der Waals surface area contributed by atoms with Gasteiger partial charge in [0.15, 0.2) is 6.61 Å². The third-order valence-corrected chi connectivity index (χ3v) is 5.20. The number of fused-ring (bicyclic) bond motifs is 1. The van der Waals surface area contributed by atoms with Gasteiger partial charge < -0.3 is 9.26 Å². The van der Waals surface area contributed by atoms with Crippen LogP contribution in [0.15, 0.2) is 63.9 Å². The molecular weight excluding hydrogens is 396 g/mol. The second kappa shape index (κ2) is 8.14. The summed E-state index contributed by atoms with van der Waals surface area (Å²) < 4.78 is 12.2. The first-order valence-corrected chi connectivity index (χ1v) is 10.2. The Morgan fingerprint density at radius 2 is 1.84 bits per heavy atom. The van der Waals surface area contributed by atoms with E-state index in [2.05, 4.69) is 15.1 Å². The Labute approximate surface area is 177 Å². The average Bonchev–Trinajstić information content (AvgIpc) is 3.52. The molecule has 2 aromatic carbocycles. The molecule has 5 rings (SSSR count). The largest absolute Gasteiger partial charge is 0.456 e. The van der Waals surface area contributed by atoms with Gasteiger partial charge in [-0.15, -0.1) is 0 Å². The Bertz CT molecular complexity index is 1290. The van der Waals surface area contributed by atoms with Crippen LogP contribution in [-0.4, -0.2) is 25.7 Å². The van der Waals surface area contributed by atoms with E-state index in [1.165, 1.54) is 0 Å². The summed E-state index contributed by atoms with van der Waals surface area (Å²) in [4.78, 5) is 34.1. The first kappa shape index (κ1) is 19.2. The molecule has 2 heterocycles. The molecule has 0 saturated heterocycles. The molecule has 0 amide bonds. The molecule has 8 nitrogen and oxygen atoms in total. The zero-order chi connectivity index (χ0) is 21.2. The van der Waals surface area contributed by atoms with Crippen LogP contribution in [0, 0.1) is 0 Å². The molecule has 1 saturated carbocycles. The molecule has 0 bridgehead atoms. The number of carbonyl (C=O) groups excluding carboxylic acids is 1. The number of esters is 1. The summed E-state index contributed by atoms with van der Waals surface area (Å²) in [6, 6.07) is 16.9.